The van der Waals surface area contributed by atoms with E-state index in [0.29, 0.717) is 0 Å². The number of aliphatic hydroxyl groups excluding tert-OH is 1. The fourth-order valence-corrected chi connectivity index (χ4v) is 0.206. The minimum atomic E-state index is -1.18. The molecule has 4 N–H and O–H groups in total. The summed E-state index contributed by atoms with van der Waals surface area (Å²) in [5.41, 5.74) is 4.91. The topological polar surface area (TPSA) is 101 Å². The monoisotopic (exact) mass is 177 g/mol. The number of carboxylic acids is 1. The molecule has 0 fully saturated rings. The number of hydrogen-bond donors (Lipinski definition) is 3. The van der Waals surface area contributed by atoms with E-state index in [2.05, 4.69) is 0 Å². The van der Waals surface area contributed by atoms with Gasteiger partial charge in [-0.25, -0.2) is 0 Å². The highest BCUT2D eigenvalue weighted by Gasteiger charge is 2.16. The minimum Gasteiger partial charge on any atom is -0.480 e. The highest BCUT2D eigenvalue weighted by atomic mass is 16.4. The Kier molecular flexibility index (Phi) is 7.67. The maximum Gasteiger partial charge on any atom is 0.323 e. The van der Waals surface area contributed by atoms with Crippen LogP contribution < -0.4 is 5.73 Å². The molecule has 0 aliphatic carbocycles. The predicted molar refractivity (Wildman–Crippen MR) is 43.6 cm³/mol. The third kappa shape index (κ3) is 11.8. The molecule has 2 atom stereocenters. The first-order chi connectivity index (χ1) is 5.29. The van der Waals surface area contributed by atoms with Crippen molar-refractivity contribution in [3.63, 3.8) is 0 Å². The summed E-state index contributed by atoms with van der Waals surface area (Å²) in [5, 5.41) is 16.6. The van der Waals surface area contributed by atoms with Crippen molar-refractivity contribution in [2.75, 3.05) is 0 Å². The molecule has 0 bridgehead atoms. The molecular formula is C7H15NO4. The Balaban J connectivity index is 0. The van der Waals surface area contributed by atoms with E-state index in [4.69, 9.17) is 15.9 Å². The van der Waals surface area contributed by atoms with E-state index >= 15 is 0 Å². The maximum absolute atomic E-state index is 9.86. The van der Waals surface area contributed by atoms with Crippen molar-refractivity contribution >= 4 is 11.8 Å². The highest BCUT2D eigenvalue weighted by Crippen LogP contribution is 1.85. The average Bonchev–Trinajstić information content (AvgIpc) is 1.84. The largest absolute Gasteiger partial charge is 0.480 e. The lowest BCUT2D eigenvalue weighted by molar-refractivity contribution is -0.140. The second-order valence-corrected chi connectivity index (χ2v) is 2.51. The van der Waals surface area contributed by atoms with Crippen LogP contribution in [0.25, 0.3) is 0 Å². The Bertz CT molecular complexity index is 151. The van der Waals surface area contributed by atoms with Crippen LogP contribution in [0.4, 0.5) is 0 Å². The van der Waals surface area contributed by atoms with Crippen molar-refractivity contribution in [2.24, 2.45) is 5.73 Å². The van der Waals surface area contributed by atoms with Crippen molar-refractivity contribution in [3.8, 4) is 0 Å². The summed E-state index contributed by atoms with van der Waals surface area (Å²) < 4.78 is 0. The number of aliphatic hydroxyl groups is 1. The van der Waals surface area contributed by atoms with Gasteiger partial charge in [0.1, 0.15) is 11.8 Å². The van der Waals surface area contributed by atoms with Crippen LogP contribution in [0.2, 0.25) is 0 Å². The van der Waals surface area contributed by atoms with Crippen LogP contribution in [-0.2, 0) is 9.59 Å². The molecule has 0 rings (SSSR count). The van der Waals surface area contributed by atoms with E-state index in [1.54, 1.807) is 0 Å². The zero-order valence-electron chi connectivity index (χ0n) is 7.44. The molecule has 0 radical (unpaired) electrons. The molecule has 12 heavy (non-hydrogen) atoms. The van der Waals surface area contributed by atoms with E-state index in [1.165, 1.54) is 20.8 Å². The number of aliphatic carboxylic acids is 1. The van der Waals surface area contributed by atoms with E-state index in [-0.39, 0.29) is 5.78 Å². The first-order valence-corrected chi connectivity index (χ1v) is 3.42. The molecule has 0 spiro atoms. The third-order valence-electron chi connectivity index (χ3n) is 0.805. The van der Waals surface area contributed by atoms with Gasteiger partial charge in [-0.2, -0.15) is 0 Å². The van der Waals surface area contributed by atoms with Crippen LogP contribution in [0.15, 0.2) is 0 Å². The molecule has 0 aromatic carbocycles. The summed E-state index contributed by atoms with van der Waals surface area (Å²) >= 11 is 0. The summed E-state index contributed by atoms with van der Waals surface area (Å²) in [5.74, 6) is -1.01. The summed E-state index contributed by atoms with van der Waals surface area (Å²) in [6, 6.07) is -1.16. The van der Waals surface area contributed by atoms with Gasteiger partial charge in [0.05, 0.1) is 6.10 Å². The van der Waals surface area contributed by atoms with Crippen molar-refractivity contribution in [2.45, 2.75) is 32.9 Å². The molecule has 0 heterocycles. The SMILES string of the molecule is CC(C)=O.CC(O)C(N)C(=O)O. The predicted octanol–water partition coefficient (Wildman–Crippen LogP) is -0.626. The van der Waals surface area contributed by atoms with Crippen LogP contribution >= 0.6 is 0 Å². The average molecular weight is 177 g/mol. The fraction of sp³-hybridized carbons (Fsp3) is 0.714. The summed E-state index contributed by atoms with van der Waals surface area (Å²) in [4.78, 5) is 19.3. The van der Waals surface area contributed by atoms with Gasteiger partial charge in [-0.05, 0) is 20.8 Å². The molecule has 0 amide bonds. The number of hydrogen-bond acceptors (Lipinski definition) is 4. The molecule has 0 saturated carbocycles. The Morgan fingerprint density at radius 1 is 1.33 bits per heavy atom. The first-order valence-electron chi connectivity index (χ1n) is 3.42. The number of nitrogens with two attached hydrogens (primary N) is 1. The quantitative estimate of drug-likeness (QED) is 0.521. The normalized spacial score (nSPS) is 13.8. The van der Waals surface area contributed by atoms with Crippen molar-refractivity contribution in [3.05, 3.63) is 0 Å². The molecule has 0 aliphatic heterocycles. The van der Waals surface area contributed by atoms with Gasteiger partial charge >= 0.3 is 5.97 Å². The fourth-order valence-electron chi connectivity index (χ4n) is 0.206. The molecule has 5 heteroatoms. The van der Waals surface area contributed by atoms with E-state index in [0.717, 1.165) is 0 Å². The Labute approximate surface area is 71.2 Å². The lowest BCUT2D eigenvalue weighted by atomic mass is 10.2. The smallest absolute Gasteiger partial charge is 0.323 e. The number of carboxylic acid groups (broad SMARTS) is 1. The molecule has 0 aliphatic rings. The zero-order chi connectivity index (χ0) is 10.3. The third-order valence-corrected chi connectivity index (χ3v) is 0.805. The van der Waals surface area contributed by atoms with Crippen LogP contribution in [0.3, 0.4) is 0 Å². The second-order valence-electron chi connectivity index (χ2n) is 2.51. The lowest BCUT2D eigenvalue weighted by Gasteiger charge is -2.06. The number of carbonyl (C=O) groups excluding carboxylic acids is 1. The van der Waals surface area contributed by atoms with Crippen molar-refractivity contribution in [1.29, 1.82) is 0 Å². The standard InChI is InChI=1S/C4H9NO3.C3H6O/c1-2(6)3(5)4(7)8;1-3(2)4/h2-3,6H,5H2,1H3,(H,7,8);1-2H3. The Morgan fingerprint density at radius 3 is 1.58 bits per heavy atom. The molecule has 0 saturated heterocycles. The number of ketones is 1. The van der Waals surface area contributed by atoms with Crippen LogP contribution in [0, 0.1) is 0 Å². The van der Waals surface area contributed by atoms with Gasteiger partial charge in [0, 0.05) is 0 Å². The highest BCUT2D eigenvalue weighted by molar-refractivity contribution is 5.73. The van der Waals surface area contributed by atoms with Crippen LogP contribution in [0.1, 0.15) is 20.8 Å². The Hall–Kier alpha value is -0.940. The number of carbonyl (C=O) groups is 2. The summed E-state index contributed by atoms with van der Waals surface area (Å²) in [6.07, 6.45) is -0.979. The van der Waals surface area contributed by atoms with Gasteiger partial charge in [0.25, 0.3) is 0 Å². The van der Waals surface area contributed by atoms with Gasteiger partial charge in [-0.3, -0.25) is 4.79 Å². The molecule has 2 unspecified atom stereocenters. The maximum atomic E-state index is 9.86. The summed E-state index contributed by atoms with van der Waals surface area (Å²) in [7, 11) is 0. The molecule has 72 valence electrons. The van der Waals surface area contributed by atoms with E-state index in [1.807, 2.05) is 0 Å². The number of rotatable bonds is 2. The van der Waals surface area contributed by atoms with E-state index < -0.39 is 18.1 Å². The molecule has 5 nitrogen and oxygen atoms in total. The summed E-state index contributed by atoms with van der Waals surface area (Å²) in [6.45, 7) is 4.39. The minimum absolute atomic E-state index is 0.167. The Morgan fingerprint density at radius 2 is 1.58 bits per heavy atom. The number of Topliss-reactive ketones (excluding diaryl/α,β-unsaturated/α-hetero) is 1. The van der Waals surface area contributed by atoms with Gasteiger partial charge in [0.2, 0.25) is 0 Å². The van der Waals surface area contributed by atoms with Gasteiger partial charge in [-0.1, -0.05) is 0 Å². The lowest BCUT2D eigenvalue weighted by Crippen LogP contribution is -2.39. The van der Waals surface area contributed by atoms with E-state index in [9.17, 15) is 9.59 Å². The van der Waals surface area contributed by atoms with Gasteiger partial charge < -0.3 is 20.7 Å². The molecule has 0 aromatic rings. The molecular weight excluding hydrogens is 162 g/mol. The zero-order valence-corrected chi connectivity index (χ0v) is 7.44. The van der Waals surface area contributed by atoms with Gasteiger partial charge in [-0.15, -0.1) is 0 Å². The second kappa shape index (κ2) is 6.75. The molecule has 0 aromatic heterocycles. The van der Waals surface area contributed by atoms with Crippen molar-refractivity contribution in [1.82, 2.24) is 0 Å². The van der Waals surface area contributed by atoms with Crippen LogP contribution in [0.5, 0.6) is 0 Å². The van der Waals surface area contributed by atoms with Crippen LogP contribution in [-0.4, -0.2) is 34.1 Å². The van der Waals surface area contributed by atoms with Gasteiger partial charge in [0.15, 0.2) is 0 Å². The first kappa shape index (κ1) is 13.6. The van der Waals surface area contributed by atoms with Crippen molar-refractivity contribution < 1.29 is 19.8 Å².